The second-order valence-electron chi connectivity index (χ2n) is 10.0. The Morgan fingerprint density at radius 1 is 0.857 bits per heavy atom. The van der Waals surface area contributed by atoms with Crippen LogP contribution in [0.4, 0.5) is 5.82 Å². The highest BCUT2D eigenvalue weighted by atomic mass is 16.7. The summed E-state index contributed by atoms with van der Waals surface area (Å²) in [6, 6.07) is 12.1. The predicted octanol–water partition coefficient (Wildman–Crippen LogP) is 1.70. The van der Waals surface area contributed by atoms with E-state index >= 15 is 0 Å². The van der Waals surface area contributed by atoms with Gasteiger partial charge in [-0.1, -0.05) is 12.1 Å². The van der Waals surface area contributed by atoms with Gasteiger partial charge >= 0.3 is 0 Å². The van der Waals surface area contributed by atoms with Crippen LogP contribution in [0.15, 0.2) is 67.5 Å². The second-order valence-corrected chi connectivity index (χ2v) is 10.0. The highest BCUT2D eigenvalue weighted by Gasteiger charge is 2.36. The summed E-state index contributed by atoms with van der Waals surface area (Å²) in [7, 11) is 0. The third-order valence-corrected chi connectivity index (χ3v) is 7.43. The molecular formula is C29H27N7O6. The van der Waals surface area contributed by atoms with E-state index in [1.807, 2.05) is 41.3 Å². The van der Waals surface area contributed by atoms with E-state index in [1.165, 1.54) is 6.33 Å². The summed E-state index contributed by atoms with van der Waals surface area (Å²) in [6.45, 7) is 1.71. The number of piperazine rings is 1. The largest absolute Gasteiger partial charge is 0.454 e. The number of nitrogens with one attached hydrogen (secondary N) is 1. The lowest BCUT2D eigenvalue weighted by Gasteiger charge is -2.41. The zero-order valence-electron chi connectivity index (χ0n) is 22.5. The third kappa shape index (κ3) is 5.11. The normalized spacial score (nSPS) is 16.9. The smallest absolute Gasteiger partial charge is 0.244 e. The van der Waals surface area contributed by atoms with Crippen molar-refractivity contribution in [3.05, 3.63) is 78.6 Å². The lowest BCUT2D eigenvalue weighted by atomic mass is 10.1. The molecule has 0 aliphatic carbocycles. The molecule has 3 aliphatic heterocycles. The van der Waals surface area contributed by atoms with Crippen LogP contribution in [0, 0.1) is 0 Å². The number of carbonyl (C=O) groups is 2. The summed E-state index contributed by atoms with van der Waals surface area (Å²) in [5.74, 6) is 3.48. The van der Waals surface area contributed by atoms with Gasteiger partial charge in [-0.3, -0.25) is 14.2 Å². The first-order valence-corrected chi connectivity index (χ1v) is 13.5. The Balaban J connectivity index is 1.10. The first-order chi connectivity index (χ1) is 20.6. The summed E-state index contributed by atoms with van der Waals surface area (Å²) >= 11 is 0. The minimum absolute atomic E-state index is 0.126. The maximum absolute atomic E-state index is 13.7. The molecule has 1 fully saturated rings. The lowest BCUT2D eigenvalue weighted by molar-refractivity contribution is -0.140. The monoisotopic (exact) mass is 569 g/mol. The van der Waals surface area contributed by atoms with Gasteiger partial charge in [0.1, 0.15) is 30.3 Å². The summed E-state index contributed by atoms with van der Waals surface area (Å²) in [4.78, 5) is 43.8. The molecule has 0 radical (unpaired) electrons. The van der Waals surface area contributed by atoms with Crippen LogP contribution in [0.3, 0.4) is 0 Å². The van der Waals surface area contributed by atoms with Crippen LogP contribution in [0.5, 0.6) is 23.0 Å². The third-order valence-electron chi connectivity index (χ3n) is 7.43. The fraction of sp³-hybridized carbons (Fsp3) is 0.276. The van der Waals surface area contributed by atoms with E-state index in [9.17, 15) is 9.59 Å². The van der Waals surface area contributed by atoms with Crippen molar-refractivity contribution in [1.29, 1.82) is 0 Å². The molecule has 4 aromatic rings. The van der Waals surface area contributed by atoms with Crippen LogP contribution in [0.1, 0.15) is 11.1 Å². The Kier molecular flexibility index (Phi) is 6.66. The molecule has 0 saturated carbocycles. The molecule has 13 heteroatoms. The number of imidazole rings is 1. The zero-order chi connectivity index (χ0) is 28.5. The van der Waals surface area contributed by atoms with E-state index in [4.69, 9.17) is 18.9 Å². The van der Waals surface area contributed by atoms with Crippen LogP contribution in [0.2, 0.25) is 0 Å². The van der Waals surface area contributed by atoms with Crippen molar-refractivity contribution in [3.63, 3.8) is 0 Å². The average molecular weight is 570 g/mol. The Hall–Kier alpha value is -5.33. The van der Waals surface area contributed by atoms with E-state index in [2.05, 4.69) is 20.3 Å². The molecule has 13 nitrogen and oxygen atoms in total. The maximum atomic E-state index is 13.7. The van der Waals surface area contributed by atoms with Crippen molar-refractivity contribution >= 4 is 17.6 Å². The molecule has 1 unspecified atom stereocenters. The molecule has 1 saturated heterocycles. The van der Waals surface area contributed by atoms with Gasteiger partial charge in [0.15, 0.2) is 23.0 Å². The van der Waals surface area contributed by atoms with Gasteiger partial charge in [-0.25, -0.2) is 15.0 Å². The van der Waals surface area contributed by atoms with E-state index < -0.39 is 6.04 Å². The Morgan fingerprint density at radius 3 is 2.33 bits per heavy atom. The standard InChI is InChI=1S/C29H27N7O6/c37-28(11-19-1-3-22-24(9-19)41-17-39-22)36-8-7-34(26-12-27(33-15-32-26)35-6-5-30-16-35)14-21(36)29(38)31-13-20-2-4-23-25(10-20)42-18-40-23/h1-6,9-10,12,15-16,21H,7-8,11,13-14,17-18H2,(H,31,38). The van der Waals surface area contributed by atoms with Crippen LogP contribution in [-0.4, -0.2) is 75.5 Å². The molecule has 1 atom stereocenters. The molecule has 214 valence electrons. The number of rotatable bonds is 7. The van der Waals surface area contributed by atoms with Crippen molar-refractivity contribution in [2.24, 2.45) is 0 Å². The molecule has 42 heavy (non-hydrogen) atoms. The summed E-state index contributed by atoms with van der Waals surface area (Å²) < 4.78 is 23.5. The van der Waals surface area contributed by atoms with Gasteiger partial charge in [-0.2, -0.15) is 0 Å². The van der Waals surface area contributed by atoms with Crippen molar-refractivity contribution in [3.8, 4) is 28.8 Å². The van der Waals surface area contributed by atoms with Crippen molar-refractivity contribution in [2.75, 3.05) is 38.1 Å². The number of aromatic nitrogens is 4. The van der Waals surface area contributed by atoms with Gasteiger partial charge in [0.25, 0.3) is 0 Å². The quantitative estimate of drug-likeness (QED) is 0.351. The van der Waals surface area contributed by atoms with Gasteiger partial charge < -0.3 is 34.1 Å². The molecule has 1 N–H and O–H groups in total. The number of nitrogens with zero attached hydrogens (tertiary/aromatic N) is 6. The number of hydrogen-bond acceptors (Lipinski definition) is 10. The first kappa shape index (κ1) is 25.6. The first-order valence-electron chi connectivity index (χ1n) is 13.5. The molecule has 5 heterocycles. The van der Waals surface area contributed by atoms with Gasteiger partial charge in [0, 0.05) is 44.6 Å². The van der Waals surface area contributed by atoms with Crippen LogP contribution < -0.4 is 29.2 Å². The lowest BCUT2D eigenvalue weighted by Crippen LogP contribution is -2.61. The highest BCUT2D eigenvalue weighted by Crippen LogP contribution is 2.33. The topological polar surface area (TPSA) is 133 Å². The van der Waals surface area contributed by atoms with Crippen LogP contribution in [0.25, 0.3) is 5.82 Å². The number of benzene rings is 2. The minimum atomic E-state index is -0.749. The number of amides is 2. The molecule has 2 aromatic heterocycles. The summed E-state index contributed by atoms with van der Waals surface area (Å²) in [6.07, 6.45) is 6.74. The van der Waals surface area contributed by atoms with Crippen molar-refractivity contribution in [1.82, 2.24) is 29.7 Å². The van der Waals surface area contributed by atoms with Crippen LogP contribution in [-0.2, 0) is 22.6 Å². The van der Waals surface area contributed by atoms with Crippen LogP contribution >= 0.6 is 0 Å². The molecule has 0 spiro atoms. The maximum Gasteiger partial charge on any atom is 0.244 e. The minimum Gasteiger partial charge on any atom is -0.454 e. The van der Waals surface area contributed by atoms with Crippen molar-refractivity contribution < 1.29 is 28.5 Å². The highest BCUT2D eigenvalue weighted by molar-refractivity contribution is 5.89. The Bertz CT molecular complexity index is 1630. The number of carbonyl (C=O) groups excluding carboxylic acids is 2. The van der Waals surface area contributed by atoms with E-state index in [0.717, 1.165) is 11.1 Å². The molecule has 0 bridgehead atoms. The second kappa shape index (κ2) is 10.9. The number of ether oxygens (including phenoxy) is 4. The molecule has 7 rings (SSSR count). The van der Waals surface area contributed by atoms with E-state index in [0.29, 0.717) is 47.7 Å². The molecule has 2 aromatic carbocycles. The Labute approximate surface area is 240 Å². The zero-order valence-corrected chi connectivity index (χ0v) is 22.5. The van der Waals surface area contributed by atoms with Gasteiger partial charge in [-0.15, -0.1) is 0 Å². The van der Waals surface area contributed by atoms with E-state index in [1.54, 1.807) is 34.3 Å². The summed E-state index contributed by atoms with van der Waals surface area (Å²) in [5.41, 5.74) is 1.64. The fourth-order valence-electron chi connectivity index (χ4n) is 5.24. The van der Waals surface area contributed by atoms with E-state index in [-0.39, 0.29) is 44.9 Å². The molecule has 3 aliphatic rings. The van der Waals surface area contributed by atoms with Crippen molar-refractivity contribution in [2.45, 2.75) is 19.0 Å². The number of hydrogen-bond donors (Lipinski definition) is 1. The molecule has 2 amide bonds. The summed E-state index contributed by atoms with van der Waals surface area (Å²) in [5, 5.41) is 3.01. The average Bonchev–Trinajstić information content (AvgIpc) is 3.81. The Morgan fingerprint density at radius 2 is 1.57 bits per heavy atom. The number of anilines is 1. The van der Waals surface area contributed by atoms with Gasteiger partial charge in [0.2, 0.25) is 25.4 Å². The molecular weight excluding hydrogens is 542 g/mol. The van der Waals surface area contributed by atoms with Gasteiger partial charge in [-0.05, 0) is 35.4 Å². The fourth-order valence-corrected chi connectivity index (χ4v) is 5.24. The predicted molar refractivity (Wildman–Crippen MR) is 148 cm³/mol. The SMILES string of the molecule is O=C(NCc1ccc2c(c1)OCO2)C1CN(c2cc(-n3ccnc3)ncn2)CCN1C(=O)Cc1ccc2c(c1)OCO2. The number of fused-ring (bicyclic) bond motifs is 2. The van der Waals surface area contributed by atoms with Gasteiger partial charge in [0.05, 0.1) is 6.42 Å².